The Morgan fingerprint density at radius 3 is 2.76 bits per heavy atom. The highest BCUT2D eigenvalue weighted by Crippen LogP contribution is 2.10. The molecule has 1 heterocycles. The number of carboxylic acids is 1. The van der Waals surface area contributed by atoms with Crippen molar-refractivity contribution in [2.24, 2.45) is 0 Å². The Bertz CT molecular complexity index is 520. The predicted octanol–water partition coefficient (Wildman–Crippen LogP) is 1.50. The zero-order chi connectivity index (χ0) is 15.7. The van der Waals surface area contributed by atoms with Crippen LogP contribution in [0.1, 0.15) is 36.5 Å². The Labute approximate surface area is 124 Å². The lowest BCUT2D eigenvalue weighted by Crippen LogP contribution is -2.29. The number of nitrogens with one attached hydrogen (secondary N) is 2. The van der Waals surface area contributed by atoms with Crippen LogP contribution in [0.5, 0.6) is 0 Å². The quantitative estimate of drug-likeness (QED) is 0.631. The van der Waals surface area contributed by atoms with E-state index >= 15 is 0 Å². The van der Waals surface area contributed by atoms with Crippen molar-refractivity contribution in [1.29, 1.82) is 0 Å². The van der Waals surface area contributed by atoms with E-state index in [0.717, 1.165) is 12.8 Å². The maximum atomic E-state index is 11.6. The summed E-state index contributed by atoms with van der Waals surface area (Å²) in [5.41, 5.74) is 0.372. The Morgan fingerprint density at radius 1 is 1.48 bits per heavy atom. The van der Waals surface area contributed by atoms with Gasteiger partial charge >= 0.3 is 5.97 Å². The second kappa shape index (κ2) is 8.59. The first-order valence-corrected chi connectivity index (χ1v) is 6.75. The molecule has 1 atom stereocenters. The highest BCUT2D eigenvalue weighted by Gasteiger charge is 2.17. The fourth-order valence-electron chi connectivity index (χ4n) is 1.69. The topological polar surface area (TPSA) is 91.3 Å². The van der Waals surface area contributed by atoms with Gasteiger partial charge in [-0.1, -0.05) is 25.7 Å². The number of unbranched alkanes of at least 4 members (excludes halogenated alkanes) is 1. The van der Waals surface area contributed by atoms with Gasteiger partial charge in [-0.25, -0.2) is 9.78 Å². The maximum Gasteiger partial charge on any atom is 0.326 e. The van der Waals surface area contributed by atoms with E-state index in [9.17, 15) is 9.59 Å². The third kappa shape index (κ3) is 5.53. The van der Waals surface area contributed by atoms with Gasteiger partial charge in [0.05, 0.1) is 12.1 Å². The smallest absolute Gasteiger partial charge is 0.326 e. The Hall–Kier alpha value is -2.55. The molecule has 3 N–H and O–H groups in total. The molecule has 0 saturated carbocycles. The molecule has 1 rings (SSSR count). The van der Waals surface area contributed by atoms with Crippen LogP contribution < -0.4 is 10.6 Å². The van der Waals surface area contributed by atoms with Crippen LogP contribution in [0.4, 0.5) is 5.82 Å². The second-order valence-electron chi connectivity index (χ2n) is 4.50. The molecule has 21 heavy (non-hydrogen) atoms. The molecule has 1 aromatic heterocycles. The number of terminal acetylenes is 1. The van der Waals surface area contributed by atoms with Gasteiger partial charge in [0.1, 0.15) is 11.9 Å². The van der Waals surface area contributed by atoms with Gasteiger partial charge in [0.2, 0.25) is 0 Å². The molecule has 0 fully saturated rings. The van der Waals surface area contributed by atoms with Gasteiger partial charge in [-0.15, -0.1) is 6.42 Å². The minimum atomic E-state index is -0.916. The molecule has 0 spiro atoms. The van der Waals surface area contributed by atoms with Crippen LogP contribution in [-0.2, 0) is 4.79 Å². The van der Waals surface area contributed by atoms with Gasteiger partial charge in [0.25, 0.3) is 5.91 Å². The summed E-state index contributed by atoms with van der Waals surface area (Å²) in [5, 5.41) is 14.5. The molecule has 1 unspecified atom stereocenters. The number of carbonyl (C=O) groups is 2. The van der Waals surface area contributed by atoms with E-state index in [1.807, 2.05) is 6.92 Å². The van der Waals surface area contributed by atoms with Crippen molar-refractivity contribution < 1.29 is 14.7 Å². The van der Waals surface area contributed by atoms with Crippen molar-refractivity contribution in [3.05, 3.63) is 23.9 Å². The molecule has 6 heteroatoms. The van der Waals surface area contributed by atoms with E-state index in [4.69, 9.17) is 11.5 Å². The number of aromatic nitrogens is 1. The molecule has 0 aromatic carbocycles. The molecule has 6 nitrogen and oxygen atoms in total. The minimum Gasteiger partial charge on any atom is -0.480 e. The molecule has 0 saturated heterocycles. The van der Waals surface area contributed by atoms with E-state index in [1.165, 1.54) is 6.20 Å². The molecular formula is C15H19N3O3. The van der Waals surface area contributed by atoms with Gasteiger partial charge in [0, 0.05) is 6.20 Å². The number of anilines is 1. The molecule has 112 valence electrons. The van der Waals surface area contributed by atoms with Gasteiger partial charge < -0.3 is 15.7 Å². The number of carbonyl (C=O) groups excluding carboxylic acids is 1. The SMILES string of the molecule is C#CCNC(=O)c1ccc(NC(CCCC)C(=O)O)nc1. The van der Waals surface area contributed by atoms with Crippen LogP contribution >= 0.6 is 0 Å². The van der Waals surface area contributed by atoms with Crippen LogP contribution in [-0.4, -0.2) is 34.6 Å². The van der Waals surface area contributed by atoms with Crippen LogP contribution in [0.15, 0.2) is 18.3 Å². The molecular weight excluding hydrogens is 270 g/mol. The fourth-order valence-corrected chi connectivity index (χ4v) is 1.69. The third-order valence-electron chi connectivity index (χ3n) is 2.84. The number of hydrogen-bond acceptors (Lipinski definition) is 4. The standard InChI is InChI=1S/C15H19N3O3/c1-3-5-6-12(15(20)21)18-13-8-7-11(10-17-13)14(19)16-9-4-2/h2,7-8,10,12H,3,5-6,9H2,1H3,(H,16,19)(H,17,18)(H,20,21). The van der Waals surface area contributed by atoms with E-state index < -0.39 is 12.0 Å². The van der Waals surface area contributed by atoms with Crippen LogP contribution in [0.2, 0.25) is 0 Å². The number of nitrogens with zero attached hydrogens (tertiary/aromatic N) is 1. The number of amides is 1. The van der Waals surface area contributed by atoms with E-state index in [-0.39, 0.29) is 12.5 Å². The fraction of sp³-hybridized carbons (Fsp3) is 0.400. The molecule has 0 aliphatic carbocycles. The Morgan fingerprint density at radius 2 is 2.24 bits per heavy atom. The van der Waals surface area contributed by atoms with E-state index in [1.54, 1.807) is 12.1 Å². The summed E-state index contributed by atoms with van der Waals surface area (Å²) in [7, 11) is 0. The van der Waals surface area contributed by atoms with Crippen LogP contribution in [0.25, 0.3) is 0 Å². The number of hydrogen-bond donors (Lipinski definition) is 3. The maximum absolute atomic E-state index is 11.6. The van der Waals surface area contributed by atoms with Crippen molar-refractivity contribution in [1.82, 2.24) is 10.3 Å². The van der Waals surface area contributed by atoms with Crippen molar-refractivity contribution in [2.75, 3.05) is 11.9 Å². The van der Waals surface area contributed by atoms with Crippen LogP contribution in [0, 0.1) is 12.3 Å². The molecule has 0 radical (unpaired) electrons. The Balaban J connectivity index is 2.66. The first-order chi connectivity index (χ1) is 10.1. The highest BCUT2D eigenvalue weighted by atomic mass is 16.4. The lowest BCUT2D eigenvalue weighted by Gasteiger charge is -2.14. The largest absolute Gasteiger partial charge is 0.480 e. The number of pyridine rings is 1. The average Bonchev–Trinajstić information content (AvgIpc) is 2.49. The van der Waals surface area contributed by atoms with E-state index in [0.29, 0.717) is 17.8 Å². The molecule has 0 aliphatic heterocycles. The number of carboxylic acid groups (broad SMARTS) is 1. The summed E-state index contributed by atoms with van der Waals surface area (Å²) in [6.07, 6.45) is 8.70. The van der Waals surface area contributed by atoms with Crippen molar-refractivity contribution in [2.45, 2.75) is 32.2 Å². The van der Waals surface area contributed by atoms with E-state index in [2.05, 4.69) is 21.5 Å². The highest BCUT2D eigenvalue weighted by molar-refractivity contribution is 5.94. The zero-order valence-electron chi connectivity index (χ0n) is 11.9. The van der Waals surface area contributed by atoms with Crippen LogP contribution in [0.3, 0.4) is 0 Å². The summed E-state index contributed by atoms with van der Waals surface area (Å²) in [6, 6.07) is 2.46. The number of aliphatic carboxylic acids is 1. The average molecular weight is 289 g/mol. The summed E-state index contributed by atoms with van der Waals surface area (Å²) < 4.78 is 0. The molecule has 0 aliphatic rings. The first-order valence-electron chi connectivity index (χ1n) is 6.75. The summed E-state index contributed by atoms with van der Waals surface area (Å²) in [5.74, 6) is 1.50. The van der Waals surface area contributed by atoms with Crippen molar-refractivity contribution in [3.8, 4) is 12.3 Å². The minimum absolute atomic E-state index is 0.150. The van der Waals surface area contributed by atoms with Crippen molar-refractivity contribution >= 4 is 17.7 Å². The van der Waals surface area contributed by atoms with Gasteiger partial charge in [0.15, 0.2) is 0 Å². The summed E-state index contributed by atoms with van der Waals surface area (Å²) >= 11 is 0. The Kier molecular flexibility index (Phi) is 6.75. The zero-order valence-corrected chi connectivity index (χ0v) is 11.9. The monoisotopic (exact) mass is 289 g/mol. The summed E-state index contributed by atoms with van der Waals surface area (Å²) in [6.45, 7) is 2.15. The van der Waals surface area contributed by atoms with Crippen molar-refractivity contribution in [3.63, 3.8) is 0 Å². The first kappa shape index (κ1) is 16.5. The lowest BCUT2D eigenvalue weighted by molar-refractivity contribution is -0.138. The third-order valence-corrected chi connectivity index (χ3v) is 2.84. The molecule has 1 aromatic rings. The van der Waals surface area contributed by atoms with Gasteiger partial charge in [-0.2, -0.15) is 0 Å². The van der Waals surface area contributed by atoms with Gasteiger partial charge in [-0.3, -0.25) is 4.79 Å². The van der Waals surface area contributed by atoms with Gasteiger partial charge in [-0.05, 0) is 18.6 Å². The number of rotatable bonds is 8. The summed E-state index contributed by atoms with van der Waals surface area (Å²) in [4.78, 5) is 26.8. The lowest BCUT2D eigenvalue weighted by atomic mass is 10.1. The molecule has 1 amide bonds. The normalized spacial score (nSPS) is 11.2. The molecule has 0 bridgehead atoms. The predicted molar refractivity (Wildman–Crippen MR) is 80.0 cm³/mol. The second-order valence-corrected chi connectivity index (χ2v) is 4.50.